The zero-order chi connectivity index (χ0) is 7.56. The summed E-state index contributed by atoms with van der Waals surface area (Å²) in [4.78, 5) is 1.15. The molecule has 0 aliphatic rings. The molecule has 0 saturated heterocycles. The van der Waals surface area contributed by atoms with Crippen LogP contribution in [0.5, 0.6) is 0 Å². The van der Waals surface area contributed by atoms with Crippen LogP contribution in [0.25, 0.3) is 0 Å². The lowest BCUT2D eigenvalue weighted by Gasteiger charge is -2.02. The Morgan fingerprint density at radius 3 is 2.50 bits per heavy atom. The standard InChI is InChI=1S/C8H9ClS/c1-6-4-3-5-8(10-9)7(6)2/h3-5H,1-2H3. The Balaban J connectivity index is 3.14. The van der Waals surface area contributed by atoms with Crippen molar-refractivity contribution in [3.63, 3.8) is 0 Å². The van der Waals surface area contributed by atoms with Crippen molar-refractivity contribution < 1.29 is 0 Å². The first-order valence-corrected chi connectivity index (χ1v) is 4.75. The molecule has 0 aromatic heterocycles. The zero-order valence-corrected chi connectivity index (χ0v) is 7.59. The van der Waals surface area contributed by atoms with E-state index in [-0.39, 0.29) is 0 Å². The highest BCUT2D eigenvalue weighted by Gasteiger charge is 1.97. The van der Waals surface area contributed by atoms with Crippen LogP contribution < -0.4 is 0 Å². The van der Waals surface area contributed by atoms with E-state index < -0.39 is 0 Å². The Labute approximate surface area is 70.1 Å². The number of hydrogen-bond acceptors (Lipinski definition) is 1. The molecule has 0 radical (unpaired) electrons. The van der Waals surface area contributed by atoms with Gasteiger partial charge in [-0.1, -0.05) is 12.1 Å². The van der Waals surface area contributed by atoms with Gasteiger partial charge in [0.25, 0.3) is 0 Å². The van der Waals surface area contributed by atoms with Crippen LogP contribution in [0.15, 0.2) is 23.1 Å². The summed E-state index contributed by atoms with van der Waals surface area (Å²) in [7, 11) is 6.90. The van der Waals surface area contributed by atoms with Crippen LogP contribution in [-0.2, 0) is 0 Å². The summed E-state index contributed by atoms with van der Waals surface area (Å²) in [5.41, 5.74) is 2.58. The molecule has 0 fully saturated rings. The Kier molecular flexibility index (Phi) is 2.64. The molecule has 1 aromatic rings. The van der Waals surface area contributed by atoms with Crippen LogP contribution in [-0.4, -0.2) is 0 Å². The van der Waals surface area contributed by atoms with Crippen LogP contribution in [0.2, 0.25) is 0 Å². The highest BCUT2D eigenvalue weighted by atomic mass is 35.7. The number of rotatable bonds is 1. The normalized spacial score (nSPS) is 9.90. The van der Waals surface area contributed by atoms with E-state index in [0.29, 0.717) is 0 Å². The van der Waals surface area contributed by atoms with Crippen molar-refractivity contribution in [1.82, 2.24) is 0 Å². The number of benzene rings is 1. The van der Waals surface area contributed by atoms with Crippen molar-refractivity contribution in [1.29, 1.82) is 0 Å². The van der Waals surface area contributed by atoms with Gasteiger partial charge in [-0.25, -0.2) is 0 Å². The van der Waals surface area contributed by atoms with Crippen molar-refractivity contribution >= 4 is 21.7 Å². The topological polar surface area (TPSA) is 0 Å². The third-order valence-electron chi connectivity index (χ3n) is 1.64. The van der Waals surface area contributed by atoms with E-state index in [0.717, 1.165) is 4.90 Å². The molecule has 0 atom stereocenters. The Bertz CT molecular complexity index is 233. The van der Waals surface area contributed by atoms with Crippen molar-refractivity contribution in [3.05, 3.63) is 29.3 Å². The molecule has 0 N–H and O–H groups in total. The van der Waals surface area contributed by atoms with Crippen LogP contribution in [0.1, 0.15) is 11.1 Å². The summed E-state index contributed by atoms with van der Waals surface area (Å²) in [5, 5.41) is 0. The van der Waals surface area contributed by atoms with Gasteiger partial charge in [0.05, 0.1) is 0 Å². The fourth-order valence-electron chi connectivity index (χ4n) is 0.808. The zero-order valence-electron chi connectivity index (χ0n) is 6.02. The molecule has 1 rings (SSSR count). The maximum absolute atomic E-state index is 5.62. The Morgan fingerprint density at radius 2 is 2.00 bits per heavy atom. The smallest absolute Gasteiger partial charge is 0.0265 e. The maximum Gasteiger partial charge on any atom is 0.0265 e. The third kappa shape index (κ3) is 1.47. The fraction of sp³-hybridized carbons (Fsp3) is 0.250. The highest BCUT2D eigenvalue weighted by molar-refractivity contribution is 8.21. The first-order valence-electron chi connectivity index (χ1n) is 3.10. The predicted octanol–water partition coefficient (Wildman–Crippen LogP) is 3.55. The molecule has 0 unspecified atom stereocenters. The third-order valence-corrected chi connectivity index (χ3v) is 2.75. The van der Waals surface area contributed by atoms with Gasteiger partial charge in [-0.3, -0.25) is 0 Å². The van der Waals surface area contributed by atoms with Gasteiger partial charge in [0.2, 0.25) is 0 Å². The highest BCUT2D eigenvalue weighted by Crippen LogP contribution is 2.26. The minimum atomic E-state index is 1.15. The monoisotopic (exact) mass is 172 g/mol. The fourth-order valence-corrected chi connectivity index (χ4v) is 1.72. The Morgan fingerprint density at radius 1 is 1.30 bits per heavy atom. The van der Waals surface area contributed by atoms with E-state index >= 15 is 0 Å². The molecule has 0 saturated carbocycles. The average Bonchev–Trinajstić information content (AvgIpc) is 1.95. The van der Waals surface area contributed by atoms with Gasteiger partial charge in [-0.2, -0.15) is 0 Å². The van der Waals surface area contributed by atoms with Crippen molar-refractivity contribution in [3.8, 4) is 0 Å². The van der Waals surface area contributed by atoms with E-state index in [1.807, 2.05) is 12.1 Å². The van der Waals surface area contributed by atoms with E-state index in [2.05, 4.69) is 19.9 Å². The summed E-state index contributed by atoms with van der Waals surface area (Å²) < 4.78 is 0. The second-order valence-electron chi connectivity index (χ2n) is 2.28. The van der Waals surface area contributed by atoms with E-state index in [1.54, 1.807) is 0 Å². The van der Waals surface area contributed by atoms with Crippen LogP contribution in [0, 0.1) is 13.8 Å². The van der Waals surface area contributed by atoms with Gasteiger partial charge in [0, 0.05) is 4.90 Å². The lowest BCUT2D eigenvalue weighted by molar-refractivity contribution is 1.24. The molecular formula is C8H9ClS. The molecule has 0 bridgehead atoms. The van der Waals surface area contributed by atoms with Gasteiger partial charge in [0.15, 0.2) is 0 Å². The summed E-state index contributed by atoms with van der Waals surface area (Å²) >= 11 is 0. The van der Waals surface area contributed by atoms with Gasteiger partial charge in [-0.05, 0) is 52.7 Å². The van der Waals surface area contributed by atoms with Gasteiger partial charge in [0.1, 0.15) is 0 Å². The molecule has 0 spiro atoms. The SMILES string of the molecule is Cc1cccc(SCl)c1C. The summed E-state index contributed by atoms with van der Waals surface area (Å²) in [6, 6.07) is 6.14. The molecule has 0 aliphatic heterocycles. The molecule has 0 nitrogen and oxygen atoms in total. The van der Waals surface area contributed by atoms with Crippen molar-refractivity contribution in [2.24, 2.45) is 0 Å². The molecule has 0 amide bonds. The summed E-state index contributed by atoms with van der Waals surface area (Å²) in [5.74, 6) is 0. The van der Waals surface area contributed by atoms with Crippen LogP contribution >= 0.6 is 21.7 Å². The molecular weight excluding hydrogens is 164 g/mol. The average molecular weight is 173 g/mol. The van der Waals surface area contributed by atoms with E-state index in [9.17, 15) is 0 Å². The van der Waals surface area contributed by atoms with Crippen LogP contribution in [0.3, 0.4) is 0 Å². The summed E-state index contributed by atoms with van der Waals surface area (Å²) in [6.07, 6.45) is 0. The number of halogens is 1. The molecule has 0 aliphatic carbocycles. The minimum Gasteiger partial charge on any atom is -0.0608 e. The van der Waals surface area contributed by atoms with Crippen molar-refractivity contribution in [2.45, 2.75) is 18.7 Å². The molecule has 54 valence electrons. The molecule has 2 heteroatoms. The molecule has 10 heavy (non-hydrogen) atoms. The predicted molar refractivity (Wildman–Crippen MR) is 47.6 cm³/mol. The lowest BCUT2D eigenvalue weighted by atomic mass is 10.1. The van der Waals surface area contributed by atoms with E-state index in [4.69, 9.17) is 10.7 Å². The first kappa shape index (κ1) is 7.96. The largest absolute Gasteiger partial charge is 0.0608 e. The first-order chi connectivity index (χ1) is 4.75. The molecule has 1 aromatic carbocycles. The number of hydrogen-bond donors (Lipinski definition) is 0. The van der Waals surface area contributed by atoms with Gasteiger partial charge >= 0.3 is 0 Å². The second-order valence-corrected chi connectivity index (χ2v) is 3.33. The number of aryl methyl sites for hydroxylation is 1. The maximum atomic E-state index is 5.62. The van der Waals surface area contributed by atoms with Gasteiger partial charge in [-0.15, -0.1) is 0 Å². The van der Waals surface area contributed by atoms with Gasteiger partial charge < -0.3 is 0 Å². The Hall–Kier alpha value is -0.140. The summed E-state index contributed by atoms with van der Waals surface area (Å²) in [6.45, 7) is 4.17. The van der Waals surface area contributed by atoms with Crippen LogP contribution in [0.4, 0.5) is 0 Å². The minimum absolute atomic E-state index is 1.15. The van der Waals surface area contributed by atoms with Crippen molar-refractivity contribution in [2.75, 3.05) is 0 Å². The quantitative estimate of drug-likeness (QED) is 0.625. The molecule has 0 heterocycles. The second kappa shape index (κ2) is 3.31. The lowest BCUT2D eigenvalue weighted by Crippen LogP contribution is -1.81. The van der Waals surface area contributed by atoms with E-state index in [1.165, 1.54) is 22.1 Å².